The molecule has 0 aromatic rings. The van der Waals surface area contributed by atoms with Crippen LogP contribution in [0, 0.1) is 0 Å². The van der Waals surface area contributed by atoms with E-state index in [1.165, 1.54) is 4.31 Å². The van der Waals surface area contributed by atoms with E-state index in [2.05, 4.69) is 0 Å². The van der Waals surface area contributed by atoms with Crippen LogP contribution in [0.15, 0.2) is 0 Å². The molecule has 1 aliphatic carbocycles. The number of esters is 1. The summed E-state index contributed by atoms with van der Waals surface area (Å²) in [6, 6.07) is -0.625. The van der Waals surface area contributed by atoms with E-state index < -0.39 is 27.6 Å². The molecular formula is C14H25NO4S. The fraction of sp³-hybridized carbons (Fsp3) is 0.929. The molecule has 0 radical (unpaired) electrons. The highest BCUT2D eigenvalue weighted by molar-refractivity contribution is 7.89. The molecular weight excluding hydrogens is 278 g/mol. The highest BCUT2D eigenvalue weighted by atomic mass is 32.2. The number of nitrogens with zero attached hydrogens (tertiary/aromatic N) is 1. The van der Waals surface area contributed by atoms with Gasteiger partial charge in [0.15, 0.2) is 0 Å². The summed E-state index contributed by atoms with van der Waals surface area (Å²) in [5.41, 5.74) is -0.581. The molecule has 20 heavy (non-hydrogen) atoms. The first-order chi connectivity index (χ1) is 9.22. The van der Waals surface area contributed by atoms with E-state index in [9.17, 15) is 13.2 Å². The Morgan fingerprint density at radius 1 is 1.10 bits per heavy atom. The highest BCUT2D eigenvalue weighted by Crippen LogP contribution is 2.32. The standard InChI is InChI=1S/C14H25NO4S/c1-14(2,3)19-13(16)12-9-6-10-15(12)20(17,18)11-7-4-5-8-11/h11-12H,4-10H2,1-3H3/t12-/m0/s1. The topological polar surface area (TPSA) is 63.7 Å². The predicted molar refractivity (Wildman–Crippen MR) is 76.7 cm³/mol. The minimum Gasteiger partial charge on any atom is -0.459 e. The molecule has 0 spiro atoms. The third-order valence-electron chi connectivity index (χ3n) is 3.93. The summed E-state index contributed by atoms with van der Waals surface area (Å²) in [5.74, 6) is -0.406. The van der Waals surface area contributed by atoms with Crippen LogP contribution in [-0.4, -0.2) is 42.1 Å². The fourth-order valence-electron chi connectivity index (χ4n) is 3.03. The summed E-state index contributed by atoms with van der Waals surface area (Å²) in [5, 5.41) is -0.300. The van der Waals surface area contributed by atoms with Gasteiger partial charge in [-0.3, -0.25) is 4.79 Å². The summed E-state index contributed by atoms with van der Waals surface area (Å²) in [6.45, 7) is 5.85. The van der Waals surface area contributed by atoms with Crippen LogP contribution in [0.3, 0.4) is 0 Å². The second kappa shape index (κ2) is 5.64. The normalized spacial score (nSPS) is 26.1. The van der Waals surface area contributed by atoms with Crippen molar-refractivity contribution in [1.82, 2.24) is 4.31 Å². The zero-order valence-electron chi connectivity index (χ0n) is 12.6. The number of carbonyl (C=O) groups excluding carboxylic acids is 1. The molecule has 1 aliphatic heterocycles. The van der Waals surface area contributed by atoms with E-state index in [0.29, 0.717) is 13.0 Å². The average molecular weight is 303 g/mol. The van der Waals surface area contributed by atoms with Crippen LogP contribution < -0.4 is 0 Å². The van der Waals surface area contributed by atoms with Crippen molar-refractivity contribution < 1.29 is 17.9 Å². The lowest BCUT2D eigenvalue weighted by Crippen LogP contribution is -2.46. The number of carbonyl (C=O) groups is 1. The highest BCUT2D eigenvalue weighted by Gasteiger charge is 2.44. The van der Waals surface area contributed by atoms with Crippen molar-refractivity contribution >= 4 is 16.0 Å². The molecule has 6 heteroatoms. The van der Waals surface area contributed by atoms with Gasteiger partial charge in [0.2, 0.25) is 10.0 Å². The van der Waals surface area contributed by atoms with E-state index >= 15 is 0 Å². The molecule has 1 heterocycles. The lowest BCUT2D eigenvalue weighted by molar-refractivity contribution is -0.158. The zero-order chi connectivity index (χ0) is 15.0. The Morgan fingerprint density at radius 3 is 2.25 bits per heavy atom. The van der Waals surface area contributed by atoms with Gasteiger partial charge in [0.05, 0.1) is 5.25 Å². The summed E-state index contributed by atoms with van der Waals surface area (Å²) < 4.78 is 32.0. The molecule has 5 nitrogen and oxygen atoms in total. The van der Waals surface area contributed by atoms with Crippen LogP contribution in [0.1, 0.15) is 59.3 Å². The minimum atomic E-state index is -3.36. The first-order valence-electron chi connectivity index (χ1n) is 7.45. The molecule has 1 saturated carbocycles. The van der Waals surface area contributed by atoms with Crippen molar-refractivity contribution in [3.63, 3.8) is 0 Å². The van der Waals surface area contributed by atoms with E-state index in [1.807, 2.05) is 0 Å². The van der Waals surface area contributed by atoms with Gasteiger partial charge in [-0.2, -0.15) is 4.31 Å². The molecule has 2 aliphatic rings. The van der Waals surface area contributed by atoms with Crippen molar-refractivity contribution in [1.29, 1.82) is 0 Å². The third-order valence-corrected chi connectivity index (χ3v) is 6.34. The Morgan fingerprint density at radius 2 is 1.70 bits per heavy atom. The van der Waals surface area contributed by atoms with Crippen LogP contribution >= 0.6 is 0 Å². The number of ether oxygens (including phenoxy) is 1. The zero-order valence-corrected chi connectivity index (χ0v) is 13.4. The van der Waals surface area contributed by atoms with Crippen LogP contribution in [0.5, 0.6) is 0 Å². The van der Waals surface area contributed by atoms with E-state index in [0.717, 1.165) is 32.1 Å². The molecule has 0 bridgehead atoms. The first kappa shape index (κ1) is 15.8. The summed E-state index contributed by atoms with van der Waals surface area (Å²) >= 11 is 0. The quantitative estimate of drug-likeness (QED) is 0.749. The molecule has 2 rings (SSSR count). The molecule has 1 saturated heterocycles. The molecule has 116 valence electrons. The van der Waals surface area contributed by atoms with E-state index in [4.69, 9.17) is 4.74 Å². The van der Waals surface area contributed by atoms with Crippen molar-refractivity contribution in [3.05, 3.63) is 0 Å². The Labute approximate surface area is 121 Å². The maximum absolute atomic E-state index is 12.6. The maximum Gasteiger partial charge on any atom is 0.324 e. The van der Waals surface area contributed by atoms with Crippen LogP contribution in [0.4, 0.5) is 0 Å². The van der Waals surface area contributed by atoms with E-state index in [-0.39, 0.29) is 5.25 Å². The maximum atomic E-state index is 12.6. The summed E-state index contributed by atoms with van der Waals surface area (Å²) in [4.78, 5) is 12.2. The smallest absolute Gasteiger partial charge is 0.324 e. The monoisotopic (exact) mass is 303 g/mol. The van der Waals surface area contributed by atoms with Gasteiger partial charge in [-0.1, -0.05) is 12.8 Å². The second-order valence-corrected chi connectivity index (χ2v) is 8.92. The van der Waals surface area contributed by atoms with Crippen LogP contribution in [-0.2, 0) is 19.6 Å². The van der Waals surface area contributed by atoms with Gasteiger partial charge < -0.3 is 4.74 Å². The Balaban J connectivity index is 2.12. The predicted octanol–water partition coefficient (Wildman–Crippen LogP) is 2.06. The number of sulfonamides is 1. The van der Waals surface area contributed by atoms with Gasteiger partial charge in [0.25, 0.3) is 0 Å². The Hall–Kier alpha value is -0.620. The minimum absolute atomic E-state index is 0.300. The van der Waals surface area contributed by atoms with Gasteiger partial charge in [-0.25, -0.2) is 8.42 Å². The molecule has 0 N–H and O–H groups in total. The number of rotatable bonds is 3. The van der Waals surface area contributed by atoms with Crippen LogP contribution in [0.25, 0.3) is 0 Å². The fourth-order valence-corrected chi connectivity index (χ4v) is 5.27. The average Bonchev–Trinajstić information content (AvgIpc) is 2.99. The Bertz CT molecular complexity index is 460. The first-order valence-corrected chi connectivity index (χ1v) is 8.96. The second-order valence-electron chi connectivity index (χ2n) is 6.75. The third kappa shape index (κ3) is 3.34. The molecule has 2 fully saturated rings. The van der Waals surface area contributed by atoms with E-state index in [1.54, 1.807) is 20.8 Å². The van der Waals surface area contributed by atoms with Gasteiger partial charge in [0, 0.05) is 6.54 Å². The molecule has 0 unspecified atom stereocenters. The lowest BCUT2D eigenvalue weighted by Gasteiger charge is -2.28. The Kier molecular flexibility index (Phi) is 4.44. The van der Waals surface area contributed by atoms with Gasteiger partial charge >= 0.3 is 5.97 Å². The molecule has 0 aromatic carbocycles. The number of hydrogen-bond donors (Lipinski definition) is 0. The molecule has 0 amide bonds. The lowest BCUT2D eigenvalue weighted by atomic mass is 10.2. The van der Waals surface area contributed by atoms with Gasteiger partial charge in [-0.05, 0) is 46.5 Å². The van der Waals surface area contributed by atoms with Crippen LogP contribution in [0.2, 0.25) is 0 Å². The van der Waals surface area contributed by atoms with Gasteiger partial charge in [-0.15, -0.1) is 0 Å². The largest absolute Gasteiger partial charge is 0.459 e. The number of hydrogen-bond acceptors (Lipinski definition) is 4. The van der Waals surface area contributed by atoms with Crippen molar-refractivity contribution in [2.24, 2.45) is 0 Å². The molecule has 0 aromatic heterocycles. The molecule has 1 atom stereocenters. The summed E-state index contributed by atoms with van der Waals surface area (Å²) in [6.07, 6.45) is 4.68. The van der Waals surface area contributed by atoms with Crippen molar-refractivity contribution in [2.75, 3.05) is 6.54 Å². The SMILES string of the molecule is CC(C)(C)OC(=O)[C@@H]1CCCN1S(=O)(=O)C1CCCC1. The van der Waals surface area contributed by atoms with Gasteiger partial charge in [0.1, 0.15) is 11.6 Å². The summed E-state index contributed by atoms with van der Waals surface area (Å²) in [7, 11) is -3.36. The van der Waals surface area contributed by atoms with Crippen molar-refractivity contribution in [3.8, 4) is 0 Å². The van der Waals surface area contributed by atoms with Crippen molar-refractivity contribution in [2.45, 2.75) is 76.2 Å².